The normalized spacial score (nSPS) is 13.2. The van der Waals surface area contributed by atoms with Crippen molar-refractivity contribution in [3.63, 3.8) is 0 Å². The van der Waals surface area contributed by atoms with E-state index in [-0.39, 0.29) is 28.6 Å². The zero-order chi connectivity index (χ0) is 16.2. The molecule has 0 unspecified atom stereocenters. The number of nitrogens with one attached hydrogen (secondary N) is 3. The van der Waals surface area contributed by atoms with Gasteiger partial charge in [0, 0.05) is 17.3 Å². The zero-order valence-electron chi connectivity index (χ0n) is 12.2. The van der Waals surface area contributed by atoms with Gasteiger partial charge in [0.1, 0.15) is 0 Å². The maximum atomic E-state index is 11.9. The topological polar surface area (TPSA) is 83.4 Å². The molecule has 0 saturated heterocycles. The van der Waals surface area contributed by atoms with E-state index in [0.717, 1.165) is 12.8 Å². The van der Waals surface area contributed by atoms with E-state index in [1.807, 2.05) is 0 Å². The van der Waals surface area contributed by atoms with Crippen LogP contribution < -0.4 is 16.0 Å². The molecule has 1 saturated carbocycles. The monoisotopic (exact) mass is 329 g/mol. The number of anilines is 2. The average molecular weight is 329 g/mol. The lowest BCUT2D eigenvalue weighted by molar-refractivity contribution is -0.120. The summed E-state index contributed by atoms with van der Waals surface area (Å²) in [5.74, 6) is -0.0641. The molecule has 3 rings (SSSR count). The molecule has 7 heteroatoms. The van der Waals surface area contributed by atoms with Crippen molar-refractivity contribution in [3.8, 4) is 0 Å². The summed E-state index contributed by atoms with van der Waals surface area (Å²) >= 11 is 5.11. The first kappa shape index (κ1) is 15.2. The van der Waals surface area contributed by atoms with Crippen LogP contribution in [-0.4, -0.2) is 16.9 Å². The minimum Gasteiger partial charge on any atom is -0.459 e. The van der Waals surface area contributed by atoms with Crippen molar-refractivity contribution >= 4 is 40.5 Å². The Bertz CT molecular complexity index is 739. The van der Waals surface area contributed by atoms with E-state index in [9.17, 15) is 9.59 Å². The predicted octanol–water partition coefficient (Wildman–Crippen LogP) is 2.75. The van der Waals surface area contributed by atoms with E-state index < -0.39 is 0 Å². The number of hydrogen-bond acceptors (Lipinski definition) is 4. The molecule has 1 aliphatic carbocycles. The number of carbonyl (C=O) groups excluding carboxylic acids is 2. The van der Waals surface area contributed by atoms with Gasteiger partial charge in [-0.25, -0.2) is 0 Å². The molecule has 0 atom stereocenters. The van der Waals surface area contributed by atoms with E-state index in [1.54, 1.807) is 36.4 Å². The Morgan fingerprint density at radius 2 is 1.83 bits per heavy atom. The van der Waals surface area contributed by atoms with Crippen molar-refractivity contribution in [2.75, 3.05) is 10.6 Å². The fourth-order valence-electron chi connectivity index (χ4n) is 2.00. The summed E-state index contributed by atoms with van der Waals surface area (Å²) in [5, 5.41) is 8.55. The highest BCUT2D eigenvalue weighted by atomic mass is 32.1. The number of thiocarbonyl (C=S) groups is 1. The highest BCUT2D eigenvalue weighted by Crippen LogP contribution is 2.28. The van der Waals surface area contributed by atoms with Gasteiger partial charge >= 0.3 is 0 Å². The Labute approximate surface area is 138 Å². The molecule has 3 N–H and O–H groups in total. The van der Waals surface area contributed by atoms with Crippen molar-refractivity contribution in [3.05, 3.63) is 48.4 Å². The van der Waals surface area contributed by atoms with Gasteiger partial charge in [-0.2, -0.15) is 0 Å². The predicted molar refractivity (Wildman–Crippen MR) is 90.2 cm³/mol. The van der Waals surface area contributed by atoms with Gasteiger partial charge < -0.3 is 20.4 Å². The first-order chi connectivity index (χ1) is 11.1. The van der Waals surface area contributed by atoms with Crippen molar-refractivity contribution < 1.29 is 14.0 Å². The summed E-state index contributed by atoms with van der Waals surface area (Å²) in [7, 11) is 0. The van der Waals surface area contributed by atoms with Crippen molar-refractivity contribution in [1.29, 1.82) is 0 Å². The average Bonchev–Trinajstić information content (AvgIpc) is 3.22. The number of hydrogen-bond donors (Lipinski definition) is 3. The molecule has 0 spiro atoms. The van der Waals surface area contributed by atoms with E-state index in [0.29, 0.717) is 11.4 Å². The molecule has 0 radical (unpaired) electrons. The third-order valence-corrected chi connectivity index (χ3v) is 3.51. The molecule has 2 amide bonds. The number of benzene rings is 1. The SMILES string of the molecule is O=C(Nc1cccc(NC(=S)NC(=O)C2CC2)c1)c1ccco1. The standard InChI is InChI=1S/C16H15N3O3S/c20-14(10-6-7-10)19-16(23)18-12-4-1-3-11(9-12)17-15(21)13-5-2-8-22-13/h1-5,8-10H,6-7H2,(H,17,21)(H2,18,19,20,23). The van der Waals surface area contributed by atoms with Crippen LogP contribution in [0.5, 0.6) is 0 Å². The molecular weight excluding hydrogens is 314 g/mol. The van der Waals surface area contributed by atoms with Gasteiger partial charge in [0.2, 0.25) is 5.91 Å². The molecular formula is C16H15N3O3S. The Kier molecular flexibility index (Phi) is 4.38. The minimum absolute atomic E-state index is 0.0511. The van der Waals surface area contributed by atoms with Crippen LogP contribution in [-0.2, 0) is 4.79 Å². The number of amides is 2. The summed E-state index contributed by atoms with van der Waals surface area (Å²) in [6.07, 6.45) is 3.28. The molecule has 1 aliphatic rings. The summed E-state index contributed by atoms with van der Waals surface area (Å²) < 4.78 is 5.04. The van der Waals surface area contributed by atoms with Crippen LogP contribution >= 0.6 is 12.2 Å². The Morgan fingerprint density at radius 1 is 1.09 bits per heavy atom. The van der Waals surface area contributed by atoms with E-state index >= 15 is 0 Å². The number of furan rings is 1. The smallest absolute Gasteiger partial charge is 0.291 e. The summed E-state index contributed by atoms with van der Waals surface area (Å²) in [4.78, 5) is 23.6. The van der Waals surface area contributed by atoms with Crippen LogP contribution in [0, 0.1) is 5.92 Å². The van der Waals surface area contributed by atoms with Crippen LogP contribution in [0.1, 0.15) is 23.4 Å². The van der Waals surface area contributed by atoms with Crippen molar-refractivity contribution in [2.24, 2.45) is 5.92 Å². The Morgan fingerprint density at radius 3 is 2.48 bits per heavy atom. The lowest BCUT2D eigenvalue weighted by Gasteiger charge is -2.10. The van der Waals surface area contributed by atoms with Gasteiger partial charge in [0.15, 0.2) is 10.9 Å². The van der Waals surface area contributed by atoms with Gasteiger partial charge in [-0.1, -0.05) is 6.07 Å². The third kappa shape index (κ3) is 4.17. The van der Waals surface area contributed by atoms with Crippen LogP contribution in [0.4, 0.5) is 11.4 Å². The molecule has 1 heterocycles. The van der Waals surface area contributed by atoms with Crippen LogP contribution in [0.3, 0.4) is 0 Å². The van der Waals surface area contributed by atoms with Crippen LogP contribution in [0.2, 0.25) is 0 Å². The summed E-state index contributed by atoms with van der Waals surface area (Å²) in [5.41, 5.74) is 1.26. The van der Waals surface area contributed by atoms with Gasteiger partial charge in [-0.3, -0.25) is 9.59 Å². The molecule has 2 aromatic rings. The van der Waals surface area contributed by atoms with Crippen molar-refractivity contribution in [1.82, 2.24) is 5.32 Å². The number of carbonyl (C=O) groups is 2. The Hall–Kier alpha value is -2.67. The second-order valence-electron chi connectivity index (χ2n) is 5.23. The second kappa shape index (κ2) is 6.62. The van der Waals surface area contributed by atoms with E-state index in [1.165, 1.54) is 6.26 Å². The van der Waals surface area contributed by atoms with E-state index in [2.05, 4.69) is 16.0 Å². The summed E-state index contributed by atoms with van der Waals surface area (Å²) in [6, 6.07) is 10.3. The maximum Gasteiger partial charge on any atom is 0.291 e. The number of rotatable bonds is 4. The molecule has 1 aromatic carbocycles. The minimum atomic E-state index is -0.336. The van der Waals surface area contributed by atoms with Gasteiger partial charge in [0.25, 0.3) is 5.91 Å². The molecule has 23 heavy (non-hydrogen) atoms. The molecule has 0 aliphatic heterocycles. The zero-order valence-corrected chi connectivity index (χ0v) is 13.0. The van der Waals surface area contributed by atoms with Crippen molar-refractivity contribution in [2.45, 2.75) is 12.8 Å². The quantitative estimate of drug-likeness (QED) is 0.751. The first-order valence-electron chi connectivity index (χ1n) is 7.18. The van der Waals surface area contributed by atoms with Crippen LogP contribution in [0.15, 0.2) is 47.1 Å². The largest absolute Gasteiger partial charge is 0.459 e. The molecule has 1 aromatic heterocycles. The Balaban J connectivity index is 1.59. The van der Waals surface area contributed by atoms with E-state index in [4.69, 9.17) is 16.6 Å². The molecule has 0 bridgehead atoms. The first-order valence-corrected chi connectivity index (χ1v) is 7.59. The fraction of sp³-hybridized carbons (Fsp3) is 0.188. The molecule has 1 fully saturated rings. The molecule has 118 valence electrons. The maximum absolute atomic E-state index is 11.9. The second-order valence-corrected chi connectivity index (χ2v) is 5.64. The fourth-order valence-corrected chi connectivity index (χ4v) is 2.22. The van der Waals surface area contributed by atoms with Gasteiger partial charge in [-0.15, -0.1) is 0 Å². The third-order valence-electron chi connectivity index (χ3n) is 3.31. The lowest BCUT2D eigenvalue weighted by atomic mass is 10.2. The summed E-state index contributed by atoms with van der Waals surface area (Å²) in [6.45, 7) is 0. The van der Waals surface area contributed by atoms with Gasteiger partial charge in [0.05, 0.1) is 6.26 Å². The van der Waals surface area contributed by atoms with Crippen LogP contribution in [0.25, 0.3) is 0 Å². The highest BCUT2D eigenvalue weighted by Gasteiger charge is 2.30. The molecule has 6 nitrogen and oxygen atoms in total. The highest BCUT2D eigenvalue weighted by molar-refractivity contribution is 7.80. The lowest BCUT2D eigenvalue weighted by Crippen LogP contribution is -2.35. The van der Waals surface area contributed by atoms with Gasteiger partial charge in [-0.05, 0) is 55.4 Å².